The Morgan fingerprint density at radius 3 is 2.38 bits per heavy atom. The Bertz CT molecular complexity index is 1330. The molecule has 0 saturated heterocycles. The minimum absolute atomic E-state index is 0.271. The molecule has 0 fully saturated rings. The number of benzene rings is 3. The van der Waals surface area contributed by atoms with Crippen LogP contribution in [0, 0.1) is 5.82 Å². The predicted octanol–water partition coefficient (Wildman–Crippen LogP) is 5.68. The summed E-state index contributed by atoms with van der Waals surface area (Å²) in [4.78, 5) is 11.1. The van der Waals surface area contributed by atoms with Gasteiger partial charge >= 0.3 is 5.97 Å². The maximum absolute atomic E-state index is 14.2. The van der Waals surface area contributed by atoms with Crippen molar-refractivity contribution in [3.63, 3.8) is 0 Å². The van der Waals surface area contributed by atoms with Crippen molar-refractivity contribution in [3.8, 4) is 45.2 Å². The van der Waals surface area contributed by atoms with E-state index in [1.54, 1.807) is 27.4 Å². The summed E-state index contributed by atoms with van der Waals surface area (Å²) in [6.07, 6.45) is 0. The first kappa shape index (κ1) is 23.0. The molecule has 0 unspecified atom stereocenters. The Labute approximate surface area is 195 Å². The van der Waals surface area contributed by atoms with Gasteiger partial charge in [-0.15, -0.1) is 0 Å². The number of nitrogens with zero attached hydrogens (tertiary/aromatic N) is 1. The standard InChI is InChI=1S/C26H22FNO6/c1-31-14-19-18(15-7-5-4-6-8-15)12-22(32-2)24(25(19)33-3)23-13-21(28-34-23)16-9-10-17(26(29)30)20(27)11-16/h4-13H,14H2,1-3H3,(H,29,30). The first-order chi connectivity index (χ1) is 16.5. The van der Waals surface area contributed by atoms with Crippen LogP contribution in [0.3, 0.4) is 0 Å². The van der Waals surface area contributed by atoms with Gasteiger partial charge in [0.1, 0.15) is 28.6 Å². The van der Waals surface area contributed by atoms with E-state index in [1.165, 1.54) is 12.1 Å². The molecule has 0 amide bonds. The number of hydrogen-bond donors (Lipinski definition) is 1. The summed E-state index contributed by atoms with van der Waals surface area (Å²) >= 11 is 0. The molecule has 174 valence electrons. The minimum Gasteiger partial charge on any atom is -0.496 e. The van der Waals surface area contributed by atoms with Crippen molar-refractivity contribution in [1.82, 2.24) is 5.16 Å². The maximum atomic E-state index is 14.2. The largest absolute Gasteiger partial charge is 0.496 e. The summed E-state index contributed by atoms with van der Waals surface area (Å²) < 4.78 is 36.7. The lowest BCUT2D eigenvalue weighted by Gasteiger charge is -2.19. The topological polar surface area (TPSA) is 91.0 Å². The summed E-state index contributed by atoms with van der Waals surface area (Å²) in [5.41, 5.74) is 3.44. The van der Waals surface area contributed by atoms with Crippen molar-refractivity contribution < 1.29 is 33.0 Å². The first-order valence-corrected chi connectivity index (χ1v) is 10.3. The van der Waals surface area contributed by atoms with Crippen LogP contribution in [0.25, 0.3) is 33.7 Å². The molecule has 0 bridgehead atoms. The highest BCUT2D eigenvalue weighted by molar-refractivity contribution is 5.89. The Morgan fingerprint density at radius 2 is 1.76 bits per heavy atom. The SMILES string of the molecule is COCc1c(-c2ccccc2)cc(OC)c(-c2cc(-c3ccc(C(=O)O)c(F)c3)no2)c1OC. The molecule has 4 aromatic rings. The van der Waals surface area contributed by atoms with Gasteiger partial charge in [0.05, 0.1) is 26.4 Å². The van der Waals surface area contributed by atoms with E-state index in [0.29, 0.717) is 34.1 Å². The molecule has 0 atom stereocenters. The third kappa shape index (κ3) is 4.23. The van der Waals surface area contributed by atoms with E-state index in [2.05, 4.69) is 5.16 Å². The highest BCUT2D eigenvalue weighted by Crippen LogP contribution is 2.46. The molecular weight excluding hydrogens is 441 g/mol. The fourth-order valence-corrected chi connectivity index (χ4v) is 3.83. The van der Waals surface area contributed by atoms with E-state index in [4.69, 9.17) is 23.8 Å². The molecule has 0 radical (unpaired) electrons. The maximum Gasteiger partial charge on any atom is 0.338 e. The van der Waals surface area contributed by atoms with E-state index in [9.17, 15) is 9.18 Å². The van der Waals surface area contributed by atoms with Gasteiger partial charge in [-0.25, -0.2) is 9.18 Å². The van der Waals surface area contributed by atoms with Crippen molar-refractivity contribution in [2.45, 2.75) is 6.61 Å². The summed E-state index contributed by atoms with van der Waals surface area (Å²) in [6, 6.07) is 17.0. The van der Waals surface area contributed by atoms with Crippen molar-refractivity contribution in [1.29, 1.82) is 0 Å². The van der Waals surface area contributed by atoms with Gasteiger partial charge in [-0.1, -0.05) is 41.6 Å². The number of carboxylic acids is 1. The first-order valence-electron chi connectivity index (χ1n) is 10.3. The smallest absolute Gasteiger partial charge is 0.338 e. The Hall–Kier alpha value is -4.17. The molecule has 4 rings (SSSR count). The number of halogens is 1. The summed E-state index contributed by atoms with van der Waals surface area (Å²) in [6.45, 7) is 0.271. The normalized spacial score (nSPS) is 10.8. The highest BCUT2D eigenvalue weighted by atomic mass is 19.1. The lowest BCUT2D eigenvalue weighted by molar-refractivity contribution is 0.0692. The molecular formula is C26H22FNO6. The fraction of sp³-hybridized carbons (Fsp3) is 0.154. The molecule has 0 saturated carbocycles. The number of hydrogen-bond acceptors (Lipinski definition) is 6. The average molecular weight is 463 g/mol. The lowest BCUT2D eigenvalue weighted by Crippen LogP contribution is -2.02. The zero-order chi connectivity index (χ0) is 24.2. The van der Waals surface area contributed by atoms with E-state index in [1.807, 2.05) is 36.4 Å². The molecule has 7 nitrogen and oxygen atoms in total. The Kier molecular flexibility index (Phi) is 6.60. The van der Waals surface area contributed by atoms with Crippen LogP contribution in [0.1, 0.15) is 15.9 Å². The van der Waals surface area contributed by atoms with Crippen molar-refractivity contribution in [3.05, 3.63) is 77.6 Å². The van der Waals surface area contributed by atoms with E-state index < -0.39 is 17.3 Å². The zero-order valence-electron chi connectivity index (χ0n) is 18.8. The molecule has 1 aromatic heterocycles. The number of aromatic nitrogens is 1. The van der Waals surface area contributed by atoms with Crippen LogP contribution < -0.4 is 9.47 Å². The second-order valence-electron chi connectivity index (χ2n) is 7.39. The summed E-state index contributed by atoms with van der Waals surface area (Å²) in [7, 11) is 4.68. The number of carbonyl (C=O) groups is 1. The molecule has 8 heteroatoms. The van der Waals surface area contributed by atoms with Crippen LogP contribution in [-0.2, 0) is 11.3 Å². The Morgan fingerprint density at radius 1 is 1.00 bits per heavy atom. The van der Waals surface area contributed by atoms with Crippen molar-refractivity contribution >= 4 is 5.97 Å². The molecule has 3 aromatic carbocycles. The highest BCUT2D eigenvalue weighted by Gasteiger charge is 2.25. The van der Waals surface area contributed by atoms with Crippen LogP contribution in [0.2, 0.25) is 0 Å². The number of methoxy groups -OCH3 is 3. The second kappa shape index (κ2) is 9.76. The van der Waals surface area contributed by atoms with E-state index in [-0.39, 0.29) is 6.61 Å². The monoisotopic (exact) mass is 463 g/mol. The quantitative estimate of drug-likeness (QED) is 0.360. The van der Waals surface area contributed by atoms with Gasteiger partial charge in [-0.2, -0.15) is 0 Å². The molecule has 1 heterocycles. The molecule has 1 N–H and O–H groups in total. The lowest BCUT2D eigenvalue weighted by atomic mass is 9.94. The Balaban J connectivity index is 1.87. The van der Waals surface area contributed by atoms with E-state index in [0.717, 1.165) is 22.8 Å². The molecule has 0 aliphatic carbocycles. The van der Waals surface area contributed by atoms with Crippen molar-refractivity contribution in [2.75, 3.05) is 21.3 Å². The third-order valence-electron chi connectivity index (χ3n) is 5.40. The third-order valence-corrected chi connectivity index (χ3v) is 5.40. The predicted molar refractivity (Wildman–Crippen MR) is 124 cm³/mol. The van der Waals surface area contributed by atoms with Gasteiger partial charge in [0, 0.05) is 24.3 Å². The molecule has 0 aliphatic heterocycles. The number of ether oxygens (including phenoxy) is 3. The van der Waals surface area contributed by atoms with Crippen LogP contribution in [0.5, 0.6) is 11.5 Å². The van der Waals surface area contributed by atoms with Crippen molar-refractivity contribution in [2.24, 2.45) is 0 Å². The average Bonchev–Trinajstić information content (AvgIpc) is 3.33. The molecule has 0 aliphatic rings. The second-order valence-corrected chi connectivity index (χ2v) is 7.39. The summed E-state index contributed by atoms with van der Waals surface area (Å²) in [5, 5.41) is 13.1. The fourth-order valence-electron chi connectivity index (χ4n) is 3.83. The van der Waals surface area contributed by atoms with Crippen LogP contribution in [-0.4, -0.2) is 37.6 Å². The van der Waals surface area contributed by atoms with Gasteiger partial charge in [-0.3, -0.25) is 0 Å². The number of carboxylic acid groups (broad SMARTS) is 1. The zero-order valence-corrected chi connectivity index (χ0v) is 18.8. The van der Waals surface area contributed by atoms with Gasteiger partial charge in [0.15, 0.2) is 5.76 Å². The van der Waals surface area contributed by atoms with Crippen LogP contribution >= 0.6 is 0 Å². The molecule has 0 spiro atoms. The van der Waals surface area contributed by atoms with Gasteiger partial charge in [0.25, 0.3) is 0 Å². The minimum atomic E-state index is -1.34. The van der Waals surface area contributed by atoms with Crippen LogP contribution in [0.4, 0.5) is 4.39 Å². The number of rotatable bonds is 8. The summed E-state index contributed by atoms with van der Waals surface area (Å²) in [5.74, 6) is -0.882. The number of aromatic carboxylic acids is 1. The van der Waals surface area contributed by atoms with E-state index >= 15 is 0 Å². The van der Waals surface area contributed by atoms with Gasteiger partial charge < -0.3 is 23.8 Å². The molecule has 34 heavy (non-hydrogen) atoms. The van der Waals surface area contributed by atoms with Crippen LogP contribution in [0.15, 0.2) is 65.2 Å². The van der Waals surface area contributed by atoms with Gasteiger partial charge in [0.2, 0.25) is 0 Å². The van der Waals surface area contributed by atoms with Gasteiger partial charge in [-0.05, 0) is 29.3 Å².